The Labute approximate surface area is 136 Å². The largest absolute Gasteiger partial charge is 0.395 e. The van der Waals surface area contributed by atoms with Gasteiger partial charge >= 0.3 is 0 Å². The number of hydrogen-bond donors (Lipinski definition) is 2. The van der Waals surface area contributed by atoms with Crippen LogP contribution in [0.15, 0.2) is 28.7 Å². The van der Waals surface area contributed by atoms with Crippen molar-refractivity contribution in [3.05, 3.63) is 34.3 Å². The predicted octanol–water partition coefficient (Wildman–Crippen LogP) is 3.46. The highest BCUT2D eigenvalue weighted by Gasteiger charge is 2.30. The van der Waals surface area contributed by atoms with Gasteiger partial charge in [-0.15, -0.1) is 0 Å². The number of nitrogens with zero attached hydrogens (tertiary/aromatic N) is 1. The normalized spacial score (nSPS) is 19.7. The fourth-order valence-electron chi connectivity index (χ4n) is 3.56. The number of aliphatic hydroxyl groups excluding tert-OH is 1. The van der Waals surface area contributed by atoms with Crippen molar-refractivity contribution in [3.63, 3.8) is 0 Å². The first-order chi connectivity index (χ1) is 10.1. The zero-order valence-corrected chi connectivity index (χ0v) is 14.4. The fourth-order valence-corrected chi connectivity index (χ4v) is 3.98. The molecule has 118 valence electrons. The van der Waals surface area contributed by atoms with E-state index in [4.69, 9.17) is 5.73 Å². The molecule has 1 saturated carbocycles. The molecule has 0 amide bonds. The second-order valence-electron chi connectivity index (χ2n) is 6.11. The fraction of sp³-hybridized carbons (Fsp3) is 0.647. The molecule has 0 radical (unpaired) electrons. The first-order valence-corrected chi connectivity index (χ1v) is 8.80. The molecule has 1 fully saturated rings. The van der Waals surface area contributed by atoms with Crippen molar-refractivity contribution in [1.29, 1.82) is 0 Å². The molecular formula is C17H27BrN2O. The minimum Gasteiger partial charge on any atom is -0.395 e. The number of rotatable bonds is 6. The van der Waals surface area contributed by atoms with Crippen LogP contribution in [-0.4, -0.2) is 35.2 Å². The third kappa shape index (κ3) is 4.52. The van der Waals surface area contributed by atoms with E-state index >= 15 is 0 Å². The first-order valence-electron chi connectivity index (χ1n) is 8.01. The van der Waals surface area contributed by atoms with Crippen molar-refractivity contribution in [2.75, 3.05) is 13.2 Å². The van der Waals surface area contributed by atoms with Gasteiger partial charge in [0.25, 0.3) is 0 Å². The van der Waals surface area contributed by atoms with Gasteiger partial charge in [-0.2, -0.15) is 0 Å². The van der Waals surface area contributed by atoms with Crippen LogP contribution in [0, 0.1) is 0 Å². The number of nitrogens with two attached hydrogens (primary N) is 1. The molecule has 3 N–H and O–H groups in total. The van der Waals surface area contributed by atoms with Crippen molar-refractivity contribution in [2.24, 2.45) is 5.73 Å². The minimum absolute atomic E-state index is 0.0350. The predicted molar refractivity (Wildman–Crippen MR) is 91.2 cm³/mol. The molecule has 0 saturated heterocycles. The summed E-state index contributed by atoms with van der Waals surface area (Å²) in [7, 11) is 0. The molecule has 1 aliphatic rings. The van der Waals surface area contributed by atoms with Gasteiger partial charge in [0.15, 0.2) is 0 Å². The summed E-state index contributed by atoms with van der Waals surface area (Å²) in [5, 5.41) is 9.51. The molecule has 3 nitrogen and oxygen atoms in total. The van der Waals surface area contributed by atoms with Crippen LogP contribution >= 0.6 is 15.9 Å². The first kappa shape index (κ1) is 16.9. The number of aliphatic hydroxyl groups is 1. The van der Waals surface area contributed by atoms with Gasteiger partial charge in [0, 0.05) is 23.1 Å². The van der Waals surface area contributed by atoms with E-state index in [1.807, 2.05) is 6.07 Å². The summed E-state index contributed by atoms with van der Waals surface area (Å²) in [5.74, 6) is 0. The standard InChI is InChI=1S/C17H27BrN2O/c1-13(19)17(14-6-5-7-15(18)12-14)20(10-11-21)16-8-3-2-4-9-16/h5-7,12-13,16-17,21H,2-4,8-11,19H2,1H3. The van der Waals surface area contributed by atoms with E-state index < -0.39 is 0 Å². The molecule has 21 heavy (non-hydrogen) atoms. The van der Waals surface area contributed by atoms with Crippen molar-refractivity contribution >= 4 is 15.9 Å². The molecule has 0 spiro atoms. The lowest BCUT2D eigenvalue weighted by Gasteiger charge is -2.41. The topological polar surface area (TPSA) is 49.5 Å². The lowest BCUT2D eigenvalue weighted by Crippen LogP contribution is -2.47. The van der Waals surface area contributed by atoms with Gasteiger partial charge in [-0.25, -0.2) is 0 Å². The highest BCUT2D eigenvalue weighted by Crippen LogP contribution is 2.32. The number of hydrogen-bond acceptors (Lipinski definition) is 3. The Kier molecular flexibility index (Phi) is 6.68. The highest BCUT2D eigenvalue weighted by molar-refractivity contribution is 9.10. The molecular weight excluding hydrogens is 328 g/mol. The Morgan fingerprint density at radius 3 is 2.62 bits per heavy atom. The lowest BCUT2D eigenvalue weighted by molar-refractivity contribution is 0.0699. The van der Waals surface area contributed by atoms with Crippen molar-refractivity contribution in [1.82, 2.24) is 4.90 Å². The van der Waals surface area contributed by atoms with Crippen LogP contribution in [0.5, 0.6) is 0 Å². The summed E-state index contributed by atoms with van der Waals surface area (Å²) in [6.45, 7) is 2.95. The van der Waals surface area contributed by atoms with Crippen LogP contribution < -0.4 is 5.73 Å². The second-order valence-corrected chi connectivity index (χ2v) is 7.03. The van der Waals surface area contributed by atoms with Crippen LogP contribution in [0.25, 0.3) is 0 Å². The molecule has 2 atom stereocenters. The third-order valence-electron chi connectivity index (χ3n) is 4.45. The molecule has 4 heteroatoms. The smallest absolute Gasteiger partial charge is 0.0558 e. The van der Waals surface area contributed by atoms with E-state index in [1.165, 1.54) is 37.7 Å². The molecule has 0 aromatic heterocycles. The van der Waals surface area contributed by atoms with Gasteiger partial charge in [0.2, 0.25) is 0 Å². The third-order valence-corrected chi connectivity index (χ3v) is 4.94. The molecule has 2 unspecified atom stereocenters. The van der Waals surface area contributed by atoms with Crippen LogP contribution in [0.2, 0.25) is 0 Å². The Morgan fingerprint density at radius 2 is 2.05 bits per heavy atom. The summed E-state index contributed by atoms with van der Waals surface area (Å²) in [6, 6.07) is 9.14. The maximum absolute atomic E-state index is 9.51. The Hall–Kier alpha value is -0.420. The Bertz CT molecular complexity index is 433. The van der Waals surface area contributed by atoms with Gasteiger partial charge < -0.3 is 10.8 Å². The Balaban J connectivity index is 2.27. The van der Waals surface area contributed by atoms with E-state index in [9.17, 15) is 5.11 Å². The summed E-state index contributed by atoms with van der Waals surface area (Å²) in [6.07, 6.45) is 6.35. The molecule has 1 aromatic carbocycles. The van der Waals surface area contributed by atoms with Crippen molar-refractivity contribution < 1.29 is 5.11 Å². The van der Waals surface area contributed by atoms with E-state index in [0.29, 0.717) is 12.6 Å². The van der Waals surface area contributed by atoms with E-state index in [1.54, 1.807) is 0 Å². The monoisotopic (exact) mass is 354 g/mol. The minimum atomic E-state index is 0.0350. The zero-order valence-electron chi connectivity index (χ0n) is 12.8. The van der Waals surface area contributed by atoms with Crippen LogP contribution in [0.1, 0.15) is 50.6 Å². The Morgan fingerprint density at radius 1 is 1.33 bits per heavy atom. The summed E-state index contributed by atoms with van der Waals surface area (Å²) >= 11 is 3.55. The molecule has 0 bridgehead atoms. The highest BCUT2D eigenvalue weighted by atomic mass is 79.9. The van der Waals surface area contributed by atoms with Gasteiger partial charge in [0.1, 0.15) is 0 Å². The maximum Gasteiger partial charge on any atom is 0.0558 e. The average molecular weight is 355 g/mol. The zero-order chi connectivity index (χ0) is 15.2. The molecule has 0 heterocycles. The van der Waals surface area contributed by atoms with Gasteiger partial charge in [0.05, 0.1) is 12.6 Å². The average Bonchev–Trinajstić information content (AvgIpc) is 2.47. The van der Waals surface area contributed by atoms with Crippen molar-refractivity contribution in [2.45, 2.75) is 57.2 Å². The quantitative estimate of drug-likeness (QED) is 0.822. The van der Waals surface area contributed by atoms with Gasteiger partial charge in [-0.3, -0.25) is 4.90 Å². The van der Waals surface area contributed by atoms with E-state index in [2.05, 4.69) is 46.0 Å². The molecule has 1 aromatic rings. The molecule has 0 aliphatic heterocycles. The van der Waals surface area contributed by atoms with Crippen LogP contribution in [0.3, 0.4) is 0 Å². The second kappa shape index (κ2) is 8.28. The van der Waals surface area contributed by atoms with Gasteiger partial charge in [-0.1, -0.05) is 47.3 Å². The number of benzene rings is 1. The lowest BCUT2D eigenvalue weighted by atomic mass is 9.90. The molecule has 1 aliphatic carbocycles. The van der Waals surface area contributed by atoms with Crippen LogP contribution in [0.4, 0.5) is 0 Å². The number of halogens is 1. The maximum atomic E-state index is 9.51. The summed E-state index contributed by atoms with van der Waals surface area (Å²) < 4.78 is 1.08. The van der Waals surface area contributed by atoms with Gasteiger partial charge in [-0.05, 0) is 37.5 Å². The molecule has 2 rings (SSSR count). The van der Waals surface area contributed by atoms with Crippen LogP contribution in [-0.2, 0) is 0 Å². The summed E-state index contributed by atoms with van der Waals surface area (Å²) in [5.41, 5.74) is 7.55. The van der Waals surface area contributed by atoms with Crippen molar-refractivity contribution in [3.8, 4) is 0 Å². The summed E-state index contributed by atoms with van der Waals surface area (Å²) in [4.78, 5) is 2.44. The SMILES string of the molecule is CC(N)C(c1cccc(Br)c1)N(CCO)C1CCCCC1. The van der Waals surface area contributed by atoms with E-state index in [0.717, 1.165) is 4.47 Å². The van der Waals surface area contributed by atoms with E-state index in [-0.39, 0.29) is 18.7 Å².